The van der Waals surface area contributed by atoms with Gasteiger partial charge in [-0.15, -0.1) is 0 Å². The number of amides is 2. The first-order valence-electron chi connectivity index (χ1n) is 7.58. The largest absolute Gasteiger partial charge is 0.326 e. The number of carbonyl (C=O) groups excluding carboxylic acids is 2. The number of benzene rings is 2. The molecule has 2 aromatic rings. The first-order valence-corrected chi connectivity index (χ1v) is 8.33. The number of halogens is 2. The molecule has 1 fully saturated rings. The molecule has 2 amide bonds. The lowest BCUT2D eigenvalue weighted by molar-refractivity contribution is -0.122. The van der Waals surface area contributed by atoms with Crippen LogP contribution in [0.5, 0.6) is 0 Å². The number of hydrogen-bond donors (Lipinski definition) is 2. The fourth-order valence-electron chi connectivity index (χ4n) is 2.52. The van der Waals surface area contributed by atoms with Crippen molar-refractivity contribution in [1.29, 1.82) is 0 Å². The van der Waals surface area contributed by atoms with Crippen LogP contribution in [-0.2, 0) is 9.59 Å². The Morgan fingerprint density at radius 2 is 1.58 bits per heavy atom. The van der Waals surface area contributed by atoms with Crippen LogP contribution in [0.3, 0.4) is 0 Å². The normalized spacial score (nSPS) is 18.8. The van der Waals surface area contributed by atoms with Crippen molar-refractivity contribution in [1.82, 2.24) is 0 Å². The fraction of sp³-hybridized carbons (Fsp3) is 0.222. The molecule has 2 aromatic carbocycles. The number of nitrogens with one attached hydrogen (secondary N) is 2. The van der Waals surface area contributed by atoms with E-state index >= 15 is 0 Å². The highest BCUT2D eigenvalue weighted by atomic mass is 35.5. The summed E-state index contributed by atoms with van der Waals surface area (Å²) in [6, 6.07) is 12.3. The van der Waals surface area contributed by atoms with E-state index in [2.05, 4.69) is 10.6 Å². The monoisotopic (exact) mass is 362 g/mol. The molecule has 1 saturated carbocycles. The van der Waals surface area contributed by atoms with Gasteiger partial charge in [0.05, 0.1) is 22.5 Å². The van der Waals surface area contributed by atoms with Gasteiger partial charge in [-0.2, -0.15) is 0 Å². The van der Waals surface area contributed by atoms with E-state index in [9.17, 15) is 9.59 Å². The molecule has 24 heavy (non-hydrogen) atoms. The maximum Gasteiger partial charge on any atom is 0.228 e. The van der Waals surface area contributed by atoms with Gasteiger partial charge in [0.25, 0.3) is 0 Å². The quantitative estimate of drug-likeness (QED) is 0.839. The molecule has 0 spiro atoms. The van der Waals surface area contributed by atoms with E-state index in [1.165, 1.54) is 0 Å². The Kier molecular flexibility index (Phi) is 4.78. The third-order valence-corrected chi connectivity index (χ3v) is 4.62. The second kappa shape index (κ2) is 6.83. The van der Waals surface area contributed by atoms with Gasteiger partial charge in [-0.25, -0.2) is 0 Å². The first-order chi connectivity index (χ1) is 11.5. The summed E-state index contributed by atoms with van der Waals surface area (Å²) in [6.07, 6.45) is 0.529. The Morgan fingerprint density at radius 3 is 2.25 bits per heavy atom. The maximum atomic E-state index is 12.3. The van der Waals surface area contributed by atoms with Crippen LogP contribution in [0.2, 0.25) is 10.0 Å². The lowest BCUT2D eigenvalue weighted by Gasteiger charge is -2.09. The summed E-state index contributed by atoms with van der Waals surface area (Å²) >= 11 is 12.0. The highest BCUT2D eigenvalue weighted by Gasteiger charge is 2.48. The Balaban J connectivity index is 1.60. The molecule has 0 aromatic heterocycles. The summed E-state index contributed by atoms with van der Waals surface area (Å²) in [7, 11) is 0. The molecule has 0 aliphatic heterocycles. The smallest absolute Gasteiger partial charge is 0.228 e. The van der Waals surface area contributed by atoms with Crippen molar-refractivity contribution in [2.75, 3.05) is 10.6 Å². The molecule has 4 nitrogen and oxygen atoms in total. The molecule has 2 N–H and O–H groups in total. The van der Waals surface area contributed by atoms with E-state index in [1.807, 2.05) is 13.0 Å². The summed E-state index contributed by atoms with van der Waals surface area (Å²) < 4.78 is 0. The molecule has 2 unspecified atom stereocenters. The molecule has 1 aliphatic rings. The van der Waals surface area contributed by atoms with Gasteiger partial charge in [-0.1, -0.05) is 41.4 Å². The maximum absolute atomic E-state index is 12.3. The van der Waals surface area contributed by atoms with Gasteiger partial charge in [0.1, 0.15) is 0 Å². The van der Waals surface area contributed by atoms with Crippen molar-refractivity contribution in [2.45, 2.75) is 13.3 Å². The Morgan fingerprint density at radius 1 is 0.958 bits per heavy atom. The van der Waals surface area contributed by atoms with Gasteiger partial charge in [0.15, 0.2) is 0 Å². The highest BCUT2D eigenvalue weighted by molar-refractivity contribution is 6.33. The summed E-state index contributed by atoms with van der Waals surface area (Å²) in [5, 5.41) is 6.64. The van der Waals surface area contributed by atoms with Crippen molar-refractivity contribution in [3.63, 3.8) is 0 Å². The molecule has 0 saturated heterocycles. The van der Waals surface area contributed by atoms with Crippen LogP contribution >= 0.6 is 23.2 Å². The van der Waals surface area contributed by atoms with Crippen LogP contribution in [-0.4, -0.2) is 11.8 Å². The minimum atomic E-state index is -0.333. The van der Waals surface area contributed by atoms with Crippen LogP contribution in [0.4, 0.5) is 11.4 Å². The van der Waals surface area contributed by atoms with Crippen LogP contribution in [0.1, 0.15) is 12.0 Å². The molecule has 0 radical (unpaired) electrons. The van der Waals surface area contributed by atoms with Crippen LogP contribution in [0, 0.1) is 18.8 Å². The predicted molar refractivity (Wildman–Crippen MR) is 96.5 cm³/mol. The van der Waals surface area contributed by atoms with Crippen LogP contribution in [0.25, 0.3) is 0 Å². The molecule has 3 rings (SSSR count). The van der Waals surface area contributed by atoms with Crippen LogP contribution < -0.4 is 10.6 Å². The van der Waals surface area contributed by atoms with E-state index in [4.69, 9.17) is 23.2 Å². The van der Waals surface area contributed by atoms with Gasteiger partial charge < -0.3 is 10.6 Å². The number of hydrogen-bond acceptors (Lipinski definition) is 2. The van der Waals surface area contributed by atoms with Crippen molar-refractivity contribution >= 4 is 46.4 Å². The summed E-state index contributed by atoms with van der Waals surface area (Å²) in [5.41, 5.74) is 2.15. The molecule has 6 heteroatoms. The topological polar surface area (TPSA) is 58.2 Å². The van der Waals surface area contributed by atoms with E-state index in [1.54, 1.807) is 36.4 Å². The van der Waals surface area contributed by atoms with Crippen molar-refractivity contribution in [2.24, 2.45) is 11.8 Å². The zero-order valence-electron chi connectivity index (χ0n) is 13.0. The summed E-state index contributed by atoms with van der Waals surface area (Å²) in [6.45, 7) is 1.89. The highest BCUT2D eigenvalue weighted by Crippen LogP contribution is 2.41. The molecule has 2 atom stereocenters. The minimum Gasteiger partial charge on any atom is -0.326 e. The average Bonchev–Trinajstić information content (AvgIpc) is 3.34. The molecule has 0 bridgehead atoms. The zero-order chi connectivity index (χ0) is 17.3. The van der Waals surface area contributed by atoms with Gasteiger partial charge in [0.2, 0.25) is 11.8 Å². The molecule has 124 valence electrons. The number of carbonyl (C=O) groups is 2. The fourth-order valence-corrected chi connectivity index (χ4v) is 2.87. The second-order valence-electron chi connectivity index (χ2n) is 5.87. The molecular formula is C18H16Cl2N2O2. The lowest BCUT2D eigenvalue weighted by atomic mass is 10.2. The Hall–Kier alpha value is -2.04. The van der Waals surface area contributed by atoms with E-state index in [0.29, 0.717) is 27.8 Å². The first kappa shape index (κ1) is 16.8. The summed E-state index contributed by atoms with van der Waals surface area (Å²) in [5.74, 6) is -1.02. The second-order valence-corrected chi connectivity index (χ2v) is 6.71. The zero-order valence-corrected chi connectivity index (χ0v) is 14.5. The van der Waals surface area contributed by atoms with Crippen molar-refractivity contribution in [3.8, 4) is 0 Å². The number of rotatable bonds is 4. The minimum absolute atomic E-state index is 0.167. The lowest BCUT2D eigenvalue weighted by Crippen LogP contribution is -2.21. The van der Waals surface area contributed by atoms with Gasteiger partial charge in [0, 0.05) is 10.7 Å². The Bertz CT molecular complexity index is 807. The SMILES string of the molecule is Cc1ccc(Cl)cc1NC(=O)C1CC1C(=O)Nc1ccccc1Cl. The average molecular weight is 363 g/mol. The van der Waals surface area contributed by atoms with E-state index < -0.39 is 0 Å². The van der Waals surface area contributed by atoms with E-state index in [0.717, 1.165) is 5.56 Å². The number of aryl methyl sites for hydroxylation is 1. The van der Waals surface area contributed by atoms with Crippen LogP contribution in [0.15, 0.2) is 42.5 Å². The van der Waals surface area contributed by atoms with Gasteiger partial charge in [-0.3, -0.25) is 9.59 Å². The predicted octanol–water partition coefficient (Wildman–Crippen LogP) is 4.52. The standard InChI is InChI=1S/C18H16Cl2N2O2/c1-10-6-7-11(19)8-16(10)22-18(24)13-9-12(13)17(23)21-15-5-3-2-4-14(15)20/h2-8,12-13H,9H2,1H3,(H,21,23)(H,22,24). The van der Waals surface area contributed by atoms with Crippen molar-refractivity contribution in [3.05, 3.63) is 58.1 Å². The number of para-hydroxylation sites is 1. The summed E-state index contributed by atoms with van der Waals surface area (Å²) in [4.78, 5) is 24.6. The molecule has 0 heterocycles. The third kappa shape index (κ3) is 3.71. The third-order valence-electron chi connectivity index (χ3n) is 4.05. The molecular weight excluding hydrogens is 347 g/mol. The van der Waals surface area contributed by atoms with Gasteiger partial charge in [-0.05, 0) is 43.2 Å². The molecule has 1 aliphatic carbocycles. The number of anilines is 2. The Labute approximate surface area is 150 Å². The van der Waals surface area contributed by atoms with Gasteiger partial charge >= 0.3 is 0 Å². The van der Waals surface area contributed by atoms with E-state index in [-0.39, 0.29) is 23.7 Å². The van der Waals surface area contributed by atoms with Crippen molar-refractivity contribution < 1.29 is 9.59 Å².